The third-order valence-corrected chi connectivity index (χ3v) is 5.41. The summed E-state index contributed by atoms with van der Waals surface area (Å²) in [5.74, 6) is 0.477. The van der Waals surface area contributed by atoms with Gasteiger partial charge in [0.2, 0.25) is 5.91 Å². The quantitative estimate of drug-likeness (QED) is 0.889. The molecular formula is C19H29N3O2. The van der Waals surface area contributed by atoms with E-state index in [-0.39, 0.29) is 11.9 Å². The molecule has 1 aliphatic heterocycles. The smallest absolute Gasteiger partial charge is 0.237 e. The molecule has 5 nitrogen and oxygen atoms in total. The first-order valence-electron chi connectivity index (χ1n) is 9.22. The van der Waals surface area contributed by atoms with Crippen LogP contribution < -0.4 is 10.2 Å². The van der Waals surface area contributed by atoms with E-state index in [0.717, 1.165) is 44.7 Å². The number of phenolic OH excluding ortho intramolecular Hbond substituents is 1. The number of carbonyl (C=O) groups is 1. The van der Waals surface area contributed by atoms with Gasteiger partial charge in [-0.2, -0.15) is 0 Å². The highest BCUT2D eigenvalue weighted by Crippen LogP contribution is 2.21. The molecule has 1 atom stereocenters. The van der Waals surface area contributed by atoms with Gasteiger partial charge in [0.1, 0.15) is 5.75 Å². The van der Waals surface area contributed by atoms with Crippen molar-refractivity contribution < 1.29 is 9.90 Å². The Balaban J connectivity index is 1.48. The minimum atomic E-state index is -0.0612. The van der Waals surface area contributed by atoms with E-state index >= 15 is 0 Å². The third kappa shape index (κ3) is 4.20. The van der Waals surface area contributed by atoms with E-state index in [1.165, 1.54) is 19.3 Å². The molecule has 0 radical (unpaired) electrons. The second-order valence-corrected chi connectivity index (χ2v) is 7.06. The molecule has 2 fully saturated rings. The van der Waals surface area contributed by atoms with Gasteiger partial charge in [-0.25, -0.2) is 0 Å². The summed E-state index contributed by atoms with van der Waals surface area (Å²) >= 11 is 0. The van der Waals surface area contributed by atoms with Gasteiger partial charge < -0.3 is 15.3 Å². The van der Waals surface area contributed by atoms with Crippen LogP contribution in [0.5, 0.6) is 5.75 Å². The maximum Gasteiger partial charge on any atom is 0.237 e. The number of anilines is 1. The molecule has 1 aromatic carbocycles. The molecule has 132 valence electrons. The second-order valence-electron chi connectivity index (χ2n) is 7.06. The lowest BCUT2D eigenvalue weighted by Crippen LogP contribution is -2.55. The molecule has 0 spiro atoms. The Morgan fingerprint density at radius 3 is 2.33 bits per heavy atom. The van der Waals surface area contributed by atoms with E-state index in [0.29, 0.717) is 11.8 Å². The topological polar surface area (TPSA) is 55.8 Å². The first kappa shape index (κ1) is 17.1. The van der Waals surface area contributed by atoms with Crippen LogP contribution in [0.15, 0.2) is 24.3 Å². The number of nitrogens with one attached hydrogen (secondary N) is 1. The average Bonchev–Trinajstić information content (AvgIpc) is 2.63. The van der Waals surface area contributed by atoms with Crippen LogP contribution >= 0.6 is 0 Å². The number of piperazine rings is 1. The van der Waals surface area contributed by atoms with E-state index in [2.05, 4.69) is 15.1 Å². The minimum absolute atomic E-state index is 0.0612. The predicted octanol–water partition coefficient (Wildman–Crippen LogP) is 2.35. The number of aromatic hydroxyl groups is 1. The number of amides is 1. The third-order valence-electron chi connectivity index (χ3n) is 5.41. The Bertz CT molecular complexity index is 532. The Labute approximate surface area is 144 Å². The summed E-state index contributed by atoms with van der Waals surface area (Å²) in [6.45, 7) is 5.62. The van der Waals surface area contributed by atoms with Crippen molar-refractivity contribution in [1.29, 1.82) is 0 Å². The van der Waals surface area contributed by atoms with Crippen molar-refractivity contribution in [2.45, 2.75) is 51.1 Å². The van der Waals surface area contributed by atoms with Crippen molar-refractivity contribution in [3.05, 3.63) is 24.3 Å². The van der Waals surface area contributed by atoms with E-state index in [4.69, 9.17) is 0 Å². The number of phenols is 1. The monoisotopic (exact) mass is 331 g/mol. The SMILES string of the molecule is C[C@H](C(=O)NC1CCCCC1)N1CCN(c2ccc(O)cc2)CC1. The number of hydrogen-bond acceptors (Lipinski definition) is 4. The van der Waals surface area contributed by atoms with Crippen LogP contribution in [-0.2, 0) is 4.79 Å². The van der Waals surface area contributed by atoms with Crippen LogP contribution in [0.2, 0.25) is 0 Å². The standard InChI is InChI=1S/C19H29N3O2/c1-15(19(24)20-16-5-3-2-4-6-16)21-11-13-22(14-12-21)17-7-9-18(23)10-8-17/h7-10,15-16,23H,2-6,11-14H2,1H3,(H,20,24)/t15-/m1/s1. The summed E-state index contributed by atoms with van der Waals surface area (Å²) in [5.41, 5.74) is 1.13. The van der Waals surface area contributed by atoms with Crippen molar-refractivity contribution in [1.82, 2.24) is 10.2 Å². The fourth-order valence-electron chi connectivity index (χ4n) is 3.77. The van der Waals surface area contributed by atoms with Gasteiger partial charge in [0.05, 0.1) is 6.04 Å². The van der Waals surface area contributed by atoms with Crippen molar-refractivity contribution in [2.24, 2.45) is 0 Å². The highest BCUT2D eigenvalue weighted by atomic mass is 16.3. The highest BCUT2D eigenvalue weighted by Gasteiger charge is 2.27. The second kappa shape index (κ2) is 7.88. The Morgan fingerprint density at radius 2 is 1.71 bits per heavy atom. The number of benzene rings is 1. The Morgan fingerprint density at radius 1 is 1.08 bits per heavy atom. The number of hydrogen-bond donors (Lipinski definition) is 2. The fourth-order valence-corrected chi connectivity index (χ4v) is 3.77. The maximum atomic E-state index is 12.5. The normalized spacial score (nSPS) is 21.5. The average molecular weight is 331 g/mol. The Hall–Kier alpha value is -1.75. The fraction of sp³-hybridized carbons (Fsp3) is 0.632. The summed E-state index contributed by atoms with van der Waals surface area (Å²) in [7, 11) is 0. The first-order valence-corrected chi connectivity index (χ1v) is 9.22. The van der Waals surface area contributed by atoms with Crippen molar-refractivity contribution in [3.63, 3.8) is 0 Å². The van der Waals surface area contributed by atoms with Gasteiger partial charge in [-0.1, -0.05) is 19.3 Å². The molecule has 2 aliphatic rings. The zero-order chi connectivity index (χ0) is 16.9. The van der Waals surface area contributed by atoms with Crippen molar-refractivity contribution in [2.75, 3.05) is 31.1 Å². The molecule has 1 saturated heterocycles. The largest absolute Gasteiger partial charge is 0.508 e. The summed E-state index contributed by atoms with van der Waals surface area (Å²) in [5, 5.41) is 12.6. The summed E-state index contributed by atoms with van der Waals surface area (Å²) in [4.78, 5) is 17.1. The van der Waals surface area contributed by atoms with E-state index in [1.807, 2.05) is 19.1 Å². The Kier molecular flexibility index (Phi) is 5.61. The summed E-state index contributed by atoms with van der Waals surface area (Å²) < 4.78 is 0. The number of nitrogens with zero attached hydrogens (tertiary/aromatic N) is 2. The zero-order valence-electron chi connectivity index (χ0n) is 14.6. The van der Waals surface area contributed by atoms with Crippen molar-refractivity contribution in [3.8, 4) is 5.75 Å². The molecule has 0 bridgehead atoms. The van der Waals surface area contributed by atoms with Crippen LogP contribution in [0.1, 0.15) is 39.0 Å². The van der Waals surface area contributed by atoms with Crippen molar-refractivity contribution >= 4 is 11.6 Å². The van der Waals surface area contributed by atoms with Crippen LogP contribution in [0.3, 0.4) is 0 Å². The zero-order valence-corrected chi connectivity index (χ0v) is 14.6. The predicted molar refractivity (Wildman–Crippen MR) is 96.4 cm³/mol. The van der Waals surface area contributed by atoms with E-state index in [9.17, 15) is 9.90 Å². The molecule has 3 rings (SSSR count). The van der Waals surface area contributed by atoms with Gasteiger partial charge in [0, 0.05) is 37.9 Å². The van der Waals surface area contributed by atoms with Gasteiger partial charge in [0.25, 0.3) is 0 Å². The summed E-state index contributed by atoms with van der Waals surface area (Å²) in [6, 6.07) is 7.67. The molecular weight excluding hydrogens is 302 g/mol. The molecule has 2 N–H and O–H groups in total. The van der Waals surface area contributed by atoms with Gasteiger partial charge in [-0.05, 0) is 44.0 Å². The molecule has 1 amide bonds. The van der Waals surface area contributed by atoms with Gasteiger partial charge in [-0.15, -0.1) is 0 Å². The number of carbonyl (C=O) groups excluding carboxylic acids is 1. The van der Waals surface area contributed by atoms with Gasteiger partial charge in [-0.3, -0.25) is 9.69 Å². The lowest BCUT2D eigenvalue weighted by atomic mass is 9.95. The lowest BCUT2D eigenvalue weighted by molar-refractivity contribution is -0.127. The molecule has 0 unspecified atom stereocenters. The van der Waals surface area contributed by atoms with E-state index < -0.39 is 0 Å². The van der Waals surface area contributed by atoms with Crippen LogP contribution in [0.25, 0.3) is 0 Å². The molecule has 1 aliphatic carbocycles. The molecule has 1 heterocycles. The molecule has 1 saturated carbocycles. The molecule has 1 aromatic rings. The minimum Gasteiger partial charge on any atom is -0.508 e. The van der Waals surface area contributed by atoms with Gasteiger partial charge in [0.15, 0.2) is 0 Å². The van der Waals surface area contributed by atoms with E-state index in [1.54, 1.807) is 12.1 Å². The van der Waals surface area contributed by atoms with Crippen LogP contribution in [0, 0.1) is 0 Å². The first-order chi connectivity index (χ1) is 11.6. The van der Waals surface area contributed by atoms with Crippen LogP contribution in [-0.4, -0.2) is 54.2 Å². The lowest BCUT2D eigenvalue weighted by Gasteiger charge is -2.39. The molecule has 24 heavy (non-hydrogen) atoms. The highest BCUT2D eigenvalue weighted by molar-refractivity contribution is 5.81. The molecule has 5 heteroatoms. The summed E-state index contributed by atoms with van der Waals surface area (Å²) in [6.07, 6.45) is 6.05. The van der Waals surface area contributed by atoms with Gasteiger partial charge >= 0.3 is 0 Å². The van der Waals surface area contributed by atoms with Crippen LogP contribution in [0.4, 0.5) is 5.69 Å². The number of rotatable bonds is 4. The molecule has 0 aromatic heterocycles. The maximum absolute atomic E-state index is 12.5.